The molecule has 1 aromatic carbocycles. The van der Waals surface area contributed by atoms with Crippen molar-refractivity contribution < 1.29 is 32.0 Å². The van der Waals surface area contributed by atoms with Gasteiger partial charge in [0.15, 0.2) is 0 Å². The van der Waals surface area contributed by atoms with Crippen molar-refractivity contribution in [3.63, 3.8) is 0 Å². The summed E-state index contributed by atoms with van der Waals surface area (Å²) in [5.41, 5.74) is 4.67. The number of nitrogens with zero attached hydrogens (tertiary/aromatic N) is 2. The van der Waals surface area contributed by atoms with Crippen molar-refractivity contribution >= 4 is 0 Å². The molecule has 0 fully saturated rings. The zero-order chi connectivity index (χ0) is 19.6. The van der Waals surface area contributed by atoms with Gasteiger partial charge in [-0.1, -0.05) is 17.3 Å². The number of halogens is 3. The Bertz CT molecular complexity index is 955. The molecule has 3 heterocycles. The van der Waals surface area contributed by atoms with Crippen LogP contribution in [0.3, 0.4) is 0 Å². The first-order valence-electron chi connectivity index (χ1n) is 7.99. The molecule has 0 bridgehead atoms. The Hall–Kier alpha value is -3.53. The topological polar surface area (TPSA) is 78.6 Å². The highest BCUT2D eigenvalue weighted by Gasteiger charge is 2.31. The molecule has 1 aliphatic heterocycles. The molecule has 0 spiro atoms. The van der Waals surface area contributed by atoms with Gasteiger partial charge in [-0.25, -0.2) is 5.48 Å². The molecule has 144 valence electrons. The molecule has 0 saturated heterocycles. The maximum Gasteiger partial charge on any atom is 0.573 e. The highest BCUT2D eigenvalue weighted by Crippen LogP contribution is 2.29. The molecule has 0 amide bonds. The van der Waals surface area contributed by atoms with Crippen molar-refractivity contribution in [1.82, 2.24) is 15.6 Å². The molecule has 10 heteroatoms. The van der Waals surface area contributed by atoms with Crippen LogP contribution < -0.4 is 15.0 Å². The van der Waals surface area contributed by atoms with Crippen molar-refractivity contribution in [3.05, 3.63) is 72.6 Å². The van der Waals surface area contributed by atoms with Gasteiger partial charge in [0.05, 0.1) is 23.7 Å². The van der Waals surface area contributed by atoms with Crippen LogP contribution in [0.1, 0.15) is 11.7 Å². The number of pyridine rings is 1. The fourth-order valence-electron chi connectivity index (χ4n) is 2.48. The average molecular weight is 391 g/mol. The standard InChI is InChI=1S/C18H12F3N3O4/c19-18(20,21)27-13-3-1-11(2-4-13)16-7-17(24-28-16)26-14-5-6-15(22-9-14)12-8-23-25-10-12/h1-10,16,24H/t16-/m1/s1. The Morgan fingerprint density at radius 1 is 1.00 bits per heavy atom. The van der Waals surface area contributed by atoms with Gasteiger partial charge in [-0.3, -0.25) is 9.82 Å². The Kier molecular flexibility index (Phi) is 4.62. The SMILES string of the molecule is FC(F)(F)Oc1ccc([C@H]2C=C(Oc3ccc(-c4cnoc4)nc3)NO2)cc1. The number of hydroxylamine groups is 1. The number of nitrogens with one attached hydrogen (secondary N) is 1. The monoisotopic (exact) mass is 391 g/mol. The van der Waals surface area contributed by atoms with E-state index in [-0.39, 0.29) is 5.75 Å². The molecule has 3 aromatic rings. The molecule has 2 aromatic heterocycles. The number of alkyl halides is 3. The summed E-state index contributed by atoms with van der Waals surface area (Å²) in [6.07, 6.45) is 0.945. The van der Waals surface area contributed by atoms with Gasteiger partial charge in [-0.2, -0.15) is 0 Å². The Balaban J connectivity index is 1.40. The van der Waals surface area contributed by atoms with E-state index in [4.69, 9.17) is 14.1 Å². The van der Waals surface area contributed by atoms with Crippen LogP contribution >= 0.6 is 0 Å². The Morgan fingerprint density at radius 3 is 2.43 bits per heavy atom. The predicted octanol–water partition coefficient (Wildman–Crippen LogP) is 4.13. The molecular weight excluding hydrogens is 379 g/mol. The van der Waals surface area contributed by atoms with E-state index in [2.05, 4.69) is 20.4 Å². The van der Waals surface area contributed by atoms with E-state index >= 15 is 0 Å². The second-order valence-electron chi connectivity index (χ2n) is 5.68. The van der Waals surface area contributed by atoms with Gasteiger partial charge in [0.1, 0.15) is 23.9 Å². The quantitative estimate of drug-likeness (QED) is 0.701. The lowest BCUT2D eigenvalue weighted by atomic mass is 10.1. The van der Waals surface area contributed by atoms with E-state index in [1.807, 2.05) is 0 Å². The second-order valence-corrected chi connectivity index (χ2v) is 5.68. The van der Waals surface area contributed by atoms with Crippen molar-refractivity contribution in [2.24, 2.45) is 0 Å². The Morgan fingerprint density at radius 2 is 1.79 bits per heavy atom. The molecule has 0 aliphatic carbocycles. The zero-order valence-electron chi connectivity index (χ0n) is 14.0. The van der Waals surface area contributed by atoms with Crippen LogP contribution in [0.4, 0.5) is 13.2 Å². The molecule has 0 unspecified atom stereocenters. The lowest BCUT2D eigenvalue weighted by molar-refractivity contribution is -0.274. The van der Waals surface area contributed by atoms with Crippen LogP contribution in [0.2, 0.25) is 0 Å². The van der Waals surface area contributed by atoms with Crippen molar-refractivity contribution in [2.75, 3.05) is 0 Å². The molecule has 0 radical (unpaired) electrons. The van der Waals surface area contributed by atoms with Crippen molar-refractivity contribution in [1.29, 1.82) is 0 Å². The smallest absolute Gasteiger partial charge is 0.438 e. The van der Waals surface area contributed by atoms with Gasteiger partial charge in [-0.15, -0.1) is 13.2 Å². The minimum absolute atomic E-state index is 0.304. The minimum Gasteiger partial charge on any atom is -0.438 e. The molecule has 1 atom stereocenters. The van der Waals surface area contributed by atoms with Crippen LogP contribution in [-0.4, -0.2) is 16.5 Å². The summed E-state index contributed by atoms with van der Waals surface area (Å²) in [4.78, 5) is 9.63. The molecule has 0 saturated carbocycles. The zero-order valence-corrected chi connectivity index (χ0v) is 14.0. The largest absolute Gasteiger partial charge is 0.573 e. The fourth-order valence-corrected chi connectivity index (χ4v) is 2.48. The first-order chi connectivity index (χ1) is 13.5. The van der Waals surface area contributed by atoms with Gasteiger partial charge in [-0.05, 0) is 29.8 Å². The third kappa shape index (κ3) is 4.23. The first-order valence-corrected chi connectivity index (χ1v) is 7.99. The van der Waals surface area contributed by atoms with E-state index < -0.39 is 12.5 Å². The summed E-state index contributed by atoms with van der Waals surface area (Å²) in [5, 5.41) is 3.62. The molecular formula is C18H12F3N3O4. The minimum atomic E-state index is -4.73. The van der Waals surface area contributed by atoms with E-state index in [0.717, 1.165) is 5.56 Å². The summed E-state index contributed by atoms with van der Waals surface area (Å²) in [7, 11) is 0. The normalized spacial score (nSPS) is 16.4. The maximum absolute atomic E-state index is 12.2. The van der Waals surface area contributed by atoms with Crippen LogP contribution in [-0.2, 0) is 4.84 Å². The van der Waals surface area contributed by atoms with Gasteiger partial charge in [0.2, 0.25) is 5.88 Å². The summed E-state index contributed by atoms with van der Waals surface area (Å²) in [6, 6.07) is 8.84. The maximum atomic E-state index is 12.2. The molecule has 28 heavy (non-hydrogen) atoms. The summed E-state index contributed by atoms with van der Waals surface area (Å²) >= 11 is 0. The first kappa shape index (κ1) is 17.9. The number of hydrogen-bond acceptors (Lipinski definition) is 7. The Labute approximate surface area is 156 Å². The van der Waals surface area contributed by atoms with Crippen LogP contribution in [0.25, 0.3) is 11.3 Å². The lowest BCUT2D eigenvalue weighted by Crippen LogP contribution is -2.17. The number of hydrogen-bond donors (Lipinski definition) is 1. The summed E-state index contributed by atoms with van der Waals surface area (Å²) in [5.74, 6) is 0.499. The number of aromatic nitrogens is 2. The highest BCUT2D eigenvalue weighted by molar-refractivity contribution is 5.56. The predicted molar refractivity (Wildman–Crippen MR) is 88.5 cm³/mol. The second kappa shape index (κ2) is 7.24. The molecule has 1 aliphatic rings. The number of benzene rings is 1. The molecule has 4 rings (SSSR count). The van der Waals surface area contributed by atoms with Crippen LogP contribution in [0.5, 0.6) is 11.5 Å². The third-order valence-corrected chi connectivity index (χ3v) is 3.72. The third-order valence-electron chi connectivity index (χ3n) is 3.72. The summed E-state index contributed by atoms with van der Waals surface area (Å²) < 4.78 is 50.9. The van der Waals surface area contributed by atoms with E-state index in [1.54, 1.807) is 24.4 Å². The van der Waals surface area contributed by atoms with E-state index in [0.29, 0.717) is 22.9 Å². The van der Waals surface area contributed by atoms with Gasteiger partial charge >= 0.3 is 6.36 Å². The lowest BCUT2D eigenvalue weighted by Gasteiger charge is -2.11. The average Bonchev–Trinajstić information content (AvgIpc) is 3.34. The van der Waals surface area contributed by atoms with Gasteiger partial charge < -0.3 is 14.0 Å². The van der Waals surface area contributed by atoms with Crippen LogP contribution in [0, 0.1) is 0 Å². The number of rotatable bonds is 5. The van der Waals surface area contributed by atoms with Crippen molar-refractivity contribution in [2.45, 2.75) is 12.5 Å². The fraction of sp³-hybridized carbons (Fsp3) is 0.111. The molecule has 7 nitrogen and oxygen atoms in total. The highest BCUT2D eigenvalue weighted by atomic mass is 19.4. The van der Waals surface area contributed by atoms with Crippen molar-refractivity contribution in [3.8, 4) is 22.8 Å². The van der Waals surface area contributed by atoms with Gasteiger partial charge in [0.25, 0.3) is 0 Å². The van der Waals surface area contributed by atoms with Gasteiger partial charge in [0, 0.05) is 6.08 Å². The van der Waals surface area contributed by atoms with Crippen LogP contribution in [0.15, 0.2) is 71.5 Å². The molecule has 1 N–H and O–H groups in total. The van der Waals surface area contributed by atoms with E-state index in [1.165, 1.54) is 36.7 Å². The number of ether oxygens (including phenoxy) is 2. The van der Waals surface area contributed by atoms with E-state index in [9.17, 15) is 13.2 Å². The summed E-state index contributed by atoms with van der Waals surface area (Å²) in [6.45, 7) is 0.